The molecule has 2 heterocycles. The van der Waals surface area contributed by atoms with Crippen LogP contribution in [0.4, 0.5) is 24.5 Å². The largest absolute Gasteiger partial charge is 0.573 e. The zero-order valence-corrected chi connectivity index (χ0v) is 23.5. The van der Waals surface area contributed by atoms with Gasteiger partial charge < -0.3 is 14.7 Å². The van der Waals surface area contributed by atoms with Crippen molar-refractivity contribution in [3.05, 3.63) is 83.9 Å². The van der Waals surface area contributed by atoms with E-state index in [0.29, 0.717) is 12.8 Å². The number of ether oxygens (including phenoxy) is 1. The van der Waals surface area contributed by atoms with Crippen LogP contribution in [0.3, 0.4) is 0 Å². The standard InChI is InChI=1S/C27H28F3N3O6S2/c1-40(35,36)32-16-22(31-41(37,38)21-14-12-20(13-15-21)39-27(28,29)30)26(34)25(17-32)33-23-8-4-2-6-18(23)10-11-19-7-3-5-9-24(19)33/h2-9,12-15,22,25-26,31,34H,10-11,16-17H2,1H3/t22-,25?,26+/m1/s1. The van der Waals surface area contributed by atoms with Gasteiger partial charge in [-0.1, -0.05) is 36.4 Å². The van der Waals surface area contributed by atoms with E-state index < -0.39 is 50.3 Å². The molecule has 0 amide bonds. The number of alkyl halides is 3. The van der Waals surface area contributed by atoms with Crippen LogP contribution in [0, 0.1) is 0 Å². The van der Waals surface area contributed by atoms with Crippen LogP contribution in [-0.2, 0) is 32.9 Å². The normalized spacial score (nSPS) is 22.0. The molecule has 5 rings (SSSR count). The lowest BCUT2D eigenvalue weighted by atomic mass is 9.96. The predicted molar refractivity (Wildman–Crippen MR) is 146 cm³/mol. The van der Waals surface area contributed by atoms with Crippen molar-refractivity contribution in [3.63, 3.8) is 0 Å². The maximum absolute atomic E-state index is 13.3. The van der Waals surface area contributed by atoms with Gasteiger partial charge in [0.2, 0.25) is 20.0 Å². The number of aliphatic hydroxyl groups is 1. The van der Waals surface area contributed by atoms with Gasteiger partial charge in [0.05, 0.1) is 29.3 Å². The van der Waals surface area contributed by atoms with Crippen molar-refractivity contribution in [2.45, 2.75) is 42.3 Å². The van der Waals surface area contributed by atoms with Gasteiger partial charge in [-0.05, 0) is 60.4 Å². The molecule has 0 aromatic heterocycles. The molecule has 1 fully saturated rings. The summed E-state index contributed by atoms with van der Waals surface area (Å²) in [7, 11) is -8.21. The highest BCUT2D eigenvalue weighted by Gasteiger charge is 2.45. The number of rotatable bonds is 6. The molecule has 14 heteroatoms. The molecule has 0 saturated carbocycles. The molecule has 3 aromatic rings. The Morgan fingerprint density at radius 3 is 1.90 bits per heavy atom. The van der Waals surface area contributed by atoms with Crippen molar-refractivity contribution in [1.82, 2.24) is 9.03 Å². The molecule has 2 aliphatic heterocycles. The molecule has 3 atom stereocenters. The number of hydrogen-bond donors (Lipinski definition) is 2. The number of fused-ring (bicyclic) bond motifs is 2. The molecule has 9 nitrogen and oxygen atoms in total. The van der Waals surface area contributed by atoms with Crippen LogP contribution in [0.25, 0.3) is 0 Å². The van der Waals surface area contributed by atoms with Gasteiger partial charge in [-0.2, -0.15) is 4.31 Å². The second kappa shape index (κ2) is 10.9. The van der Waals surface area contributed by atoms with Crippen LogP contribution in [-0.4, -0.2) is 70.1 Å². The van der Waals surface area contributed by atoms with Crippen LogP contribution in [0.15, 0.2) is 77.7 Å². The van der Waals surface area contributed by atoms with Gasteiger partial charge in [0.15, 0.2) is 0 Å². The van der Waals surface area contributed by atoms with Gasteiger partial charge in [-0.3, -0.25) is 0 Å². The third-order valence-electron chi connectivity index (χ3n) is 7.24. The fourth-order valence-electron chi connectivity index (χ4n) is 5.36. The van der Waals surface area contributed by atoms with Crippen molar-refractivity contribution in [3.8, 4) is 5.75 Å². The second-order valence-corrected chi connectivity index (χ2v) is 13.7. The van der Waals surface area contributed by atoms with Crippen LogP contribution < -0.4 is 14.4 Å². The summed E-state index contributed by atoms with van der Waals surface area (Å²) in [5.74, 6) is -0.601. The third-order valence-corrected chi connectivity index (χ3v) is 9.98. The van der Waals surface area contributed by atoms with Crippen molar-refractivity contribution in [2.24, 2.45) is 0 Å². The Morgan fingerprint density at radius 2 is 1.39 bits per heavy atom. The topological polar surface area (TPSA) is 116 Å². The van der Waals surface area contributed by atoms with E-state index in [9.17, 15) is 35.1 Å². The Morgan fingerprint density at radius 1 is 0.854 bits per heavy atom. The molecule has 2 aliphatic rings. The number of aryl methyl sites for hydroxylation is 2. The number of sulfonamides is 2. The summed E-state index contributed by atoms with van der Waals surface area (Å²) < 4.78 is 96.9. The molecular weight excluding hydrogens is 583 g/mol. The summed E-state index contributed by atoms with van der Waals surface area (Å²) in [4.78, 5) is 1.50. The van der Waals surface area contributed by atoms with Crippen LogP contribution in [0.5, 0.6) is 5.75 Å². The van der Waals surface area contributed by atoms with E-state index in [1.54, 1.807) is 0 Å². The van der Waals surface area contributed by atoms with Gasteiger partial charge in [-0.15, -0.1) is 13.2 Å². The average molecular weight is 612 g/mol. The highest BCUT2D eigenvalue weighted by atomic mass is 32.2. The Bertz CT molecular complexity index is 1580. The summed E-state index contributed by atoms with van der Waals surface area (Å²) >= 11 is 0. The van der Waals surface area contributed by atoms with Gasteiger partial charge in [0.1, 0.15) is 5.75 Å². The van der Waals surface area contributed by atoms with Gasteiger partial charge in [0, 0.05) is 24.5 Å². The van der Waals surface area contributed by atoms with E-state index in [4.69, 9.17) is 0 Å². The molecule has 2 N–H and O–H groups in total. The van der Waals surface area contributed by atoms with Gasteiger partial charge in [-0.25, -0.2) is 21.6 Å². The maximum Gasteiger partial charge on any atom is 0.573 e. The summed E-state index contributed by atoms with van der Waals surface area (Å²) in [6.07, 6.45) is -3.87. The Labute approximate surface area is 236 Å². The fraction of sp³-hybridized carbons (Fsp3) is 0.333. The number of benzene rings is 3. The third kappa shape index (κ3) is 6.36. The number of hydrogen-bond acceptors (Lipinski definition) is 7. The Hall–Kier alpha value is -3.17. The SMILES string of the molecule is CS(=O)(=O)N1CC(N2c3ccccc3CCc3ccccc32)[C@@H](O)[C@H](NS(=O)(=O)c2ccc(OC(F)(F)F)cc2)C1. The first-order chi connectivity index (χ1) is 19.2. The Kier molecular flexibility index (Phi) is 7.80. The number of piperidine rings is 1. The maximum atomic E-state index is 13.3. The number of nitrogens with one attached hydrogen (secondary N) is 1. The molecule has 1 saturated heterocycles. The zero-order chi connectivity index (χ0) is 29.6. The zero-order valence-electron chi connectivity index (χ0n) is 21.8. The number of halogens is 3. The predicted octanol–water partition coefficient (Wildman–Crippen LogP) is 3.17. The quantitative estimate of drug-likeness (QED) is 0.440. The second-order valence-electron chi connectivity index (χ2n) is 10.0. The van der Waals surface area contributed by atoms with E-state index in [0.717, 1.165) is 57.3 Å². The molecule has 0 aliphatic carbocycles. The minimum atomic E-state index is -4.94. The fourth-order valence-corrected chi connectivity index (χ4v) is 7.46. The first-order valence-corrected chi connectivity index (χ1v) is 16.0. The Balaban J connectivity index is 1.52. The molecule has 0 bridgehead atoms. The van der Waals surface area contributed by atoms with E-state index >= 15 is 0 Å². The van der Waals surface area contributed by atoms with E-state index in [1.807, 2.05) is 53.4 Å². The molecule has 0 spiro atoms. The highest BCUT2D eigenvalue weighted by molar-refractivity contribution is 7.89. The summed E-state index contributed by atoms with van der Waals surface area (Å²) in [6.45, 7) is -0.452. The first-order valence-electron chi connectivity index (χ1n) is 12.7. The van der Waals surface area contributed by atoms with Crippen LogP contribution >= 0.6 is 0 Å². The summed E-state index contributed by atoms with van der Waals surface area (Å²) in [5, 5.41) is 11.7. The lowest BCUT2D eigenvalue weighted by Gasteiger charge is -2.46. The molecule has 220 valence electrons. The number of nitrogens with zero attached hydrogens (tertiary/aromatic N) is 2. The summed E-state index contributed by atoms with van der Waals surface area (Å²) in [6, 6.07) is 16.6. The van der Waals surface area contributed by atoms with E-state index in [-0.39, 0.29) is 18.0 Å². The minimum absolute atomic E-state index is 0.107. The van der Waals surface area contributed by atoms with Crippen molar-refractivity contribution in [2.75, 3.05) is 24.2 Å². The van der Waals surface area contributed by atoms with Crippen molar-refractivity contribution < 1.29 is 39.9 Å². The van der Waals surface area contributed by atoms with Crippen molar-refractivity contribution in [1.29, 1.82) is 0 Å². The molecule has 3 aromatic carbocycles. The van der Waals surface area contributed by atoms with Crippen molar-refractivity contribution >= 4 is 31.4 Å². The van der Waals surface area contributed by atoms with Gasteiger partial charge >= 0.3 is 6.36 Å². The number of anilines is 2. The highest BCUT2D eigenvalue weighted by Crippen LogP contribution is 2.40. The number of para-hydroxylation sites is 2. The summed E-state index contributed by atoms with van der Waals surface area (Å²) in [5.41, 5.74) is 3.54. The monoisotopic (exact) mass is 611 g/mol. The first kappa shape index (κ1) is 29.3. The van der Waals surface area contributed by atoms with Crippen LogP contribution in [0.1, 0.15) is 11.1 Å². The average Bonchev–Trinajstić information content (AvgIpc) is 3.05. The number of aliphatic hydroxyl groups excluding tert-OH is 1. The lowest BCUT2D eigenvalue weighted by molar-refractivity contribution is -0.274. The molecule has 0 radical (unpaired) electrons. The van der Waals surface area contributed by atoms with Crippen LogP contribution in [0.2, 0.25) is 0 Å². The van der Waals surface area contributed by atoms with Gasteiger partial charge in [0.25, 0.3) is 0 Å². The van der Waals surface area contributed by atoms with E-state index in [1.165, 1.54) is 0 Å². The molecule has 1 unspecified atom stereocenters. The lowest BCUT2D eigenvalue weighted by Crippen LogP contribution is -2.65. The molecule has 41 heavy (non-hydrogen) atoms. The smallest absolute Gasteiger partial charge is 0.406 e. The van der Waals surface area contributed by atoms with E-state index in [2.05, 4.69) is 9.46 Å². The molecular formula is C27H28F3N3O6S2. The minimum Gasteiger partial charge on any atom is -0.406 e.